The molecule has 1 aromatic heterocycles. The summed E-state index contributed by atoms with van der Waals surface area (Å²) in [5, 5.41) is 6.88. The van der Waals surface area contributed by atoms with Crippen molar-refractivity contribution in [3.05, 3.63) is 54.0 Å². The number of nitrogens with one attached hydrogen (secondary N) is 2. The van der Waals surface area contributed by atoms with Crippen LogP contribution in [0.2, 0.25) is 0 Å². The van der Waals surface area contributed by atoms with Crippen molar-refractivity contribution in [1.29, 1.82) is 0 Å². The van der Waals surface area contributed by atoms with E-state index in [1.54, 1.807) is 13.3 Å². The van der Waals surface area contributed by atoms with Crippen molar-refractivity contribution in [3.63, 3.8) is 0 Å². The minimum absolute atomic E-state index is 0.166. The summed E-state index contributed by atoms with van der Waals surface area (Å²) in [5.41, 5.74) is 0.963. The Morgan fingerprint density at radius 3 is 2.83 bits per heavy atom. The lowest BCUT2D eigenvalue weighted by atomic mass is 9.90. The summed E-state index contributed by atoms with van der Waals surface area (Å²) in [7, 11) is 1.79. The van der Waals surface area contributed by atoms with Gasteiger partial charge in [0.05, 0.1) is 12.3 Å². The molecule has 1 unspecified atom stereocenters. The van der Waals surface area contributed by atoms with Crippen LogP contribution in [0.1, 0.15) is 37.6 Å². The van der Waals surface area contributed by atoms with E-state index in [9.17, 15) is 0 Å². The fourth-order valence-corrected chi connectivity index (χ4v) is 3.05. The third-order valence-corrected chi connectivity index (χ3v) is 4.15. The number of nitrogens with zero attached hydrogens (tertiary/aromatic N) is 1. The number of hydrogen-bond donors (Lipinski definition) is 2. The first kappa shape index (κ1) is 16.4. The van der Waals surface area contributed by atoms with Crippen molar-refractivity contribution in [1.82, 2.24) is 10.6 Å². The van der Waals surface area contributed by atoms with E-state index < -0.39 is 0 Å². The van der Waals surface area contributed by atoms with Gasteiger partial charge in [0, 0.05) is 32.0 Å². The first-order chi connectivity index (χ1) is 11.6. The first-order valence-electron chi connectivity index (χ1n) is 8.35. The summed E-state index contributed by atoms with van der Waals surface area (Å²) in [6.07, 6.45) is 3.40. The number of para-hydroxylation sites is 1. The van der Waals surface area contributed by atoms with Gasteiger partial charge in [-0.15, -0.1) is 0 Å². The Balaban J connectivity index is 1.64. The molecule has 0 fully saturated rings. The predicted octanol–water partition coefficient (Wildman–Crippen LogP) is 3.29. The molecule has 1 aliphatic rings. The third kappa shape index (κ3) is 3.91. The van der Waals surface area contributed by atoms with Gasteiger partial charge in [0.2, 0.25) is 0 Å². The second-order valence-electron chi connectivity index (χ2n) is 6.63. The zero-order valence-corrected chi connectivity index (χ0v) is 14.5. The van der Waals surface area contributed by atoms with E-state index in [2.05, 4.69) is 35.5 Å². The quantitative estimate of drug-likeness (QED) is 0.668. The van der Waals surface area contributed by atoms with E-state index in [0.29, 0.717) is 0 Å². The molecule has 1 atom stereocenters. The van der Waals surface area contributed by atoms with Crippen molar-refractivity contribution in [2.75, 3.05) is 13.6 Å². The summed E-state index contributed by atoms with van der Waals surface area (Å²) in [6, 6.07) is 12.2. The van der Waals surface area contributed by atoms with E-state index in [-0.39, 0.29) is 11.6 Å². The van der Waals surface area contributed by atoms with Crippen LogP contribution in [0.5, 0.6) is 5.75 Å². The Labute approximate surface area is 143 Å². The lowest BCUT2D eigenvalue weighted by molar-refractivity contribution is 0.0694. The molecular weight excluding hydrogens is 302 g/mol. The minimum Gasteiger partial charge on any atom is -0.487 e. The summed E-state index contributed by atoms with van der Waals surface area (Å²) < 4.78 is 11.4. The molecular formula is C19H25N3O2. The molecule has 0 amide bonds. The van der Waals surface area contributed by atoms with E-state index in [0.717, 1.165) is 36.9 Å². The largest absolute Gasteiger partial charge is 0.487 e. The average Bonchev–Trinajstić information content (AvgIpc) is 3.06. The molecule has 0 radical (unpaired) electrons. The normalized spacial score (nSPS) is 19.3. The van der Waals surface area contributed by atoms with E-state index in [4.69, 9.17) is 9.15 Å². The van der Waals surface area contributed by atoms with Gasteiger partial charge in [-0.05, 0) is 32.0 Å². The number of hydrogen-bond acceptors (Lipinski definition) is 3. The van der Waals surface area contributed by atoms with Crippen LogP contribution in [-0.2, 0) is 6.42 Å². The van der Waals surface area contributed by atoms with Crippen molar-refractivity contribution >= 4 is 5.96 Å². The Morgan fingerprint density at radius 1 is 1.25 bits per heavy atom. The molecule has 0 aliphatic carbocycles. The van der Waals surface area contributed by atoms with Gasteiger partial charge < -0.3 is 19.8 Å². The molecule has 2 heterocycles. The van der Waals surface area contributed by atoms with Crippen LogP contribution < -0.4 is 15.4 Å². The van der Waals surface area contributed by atoms with Crippen LogP contribution in [0.4, 0.5) is 0 Å². The topological polar surface area (TPSA) is 58.8 Å². The van der Waals surface area contributed by atoms with Crippen LogP contribution >= 0.6 is 0 Å². The van der Waals surface area contributed by atoms with Gasteiger partial charge in [-0.1, -0.05) is 18.2 Å². The average molecular weight is 327 g/mol. The summed E-state index contributed by atoms with van der Waals surface area (Å²) >= 11 is 0. The van der Waals surface area contributed by atoms with Gasteiger partial charge in [-0.2, -0.15) is 0 Å². The maximum absolute atomic E-state index is 6.08. The number of guanidine groups is 1. The molecule has 0 bridgehead atoms. The Bertz CT molecular complexity index is 692. The molecule has 1 aromatic carbocycles. The Kier molecular flexibility index (Phi) is 4.79. The van der Waals surface area contributed by atoms with Crippen LogP contribution in [0, 0.1) is 0 Å². The van der Waals surface area contributed by atoms with Gasteiger partial charge in [-0.3, -0.25) is 4.99 Å². The van der Waals surface area contributed by atoms with Crippen molar-refractivity contribution in [3.8, 4) is 5.75 Å². The SMILES string of the molecule is CN=C(NCCc1ccco1)NC1CC(C)(C)Oc2ccccc21. The Morgan fingerprint density at radius 2 is 2.08 bits per heavy atom. The first-order valence-corrected chi connectivity index (χ1v) is 8.35. The van der Waals surface area contributed by atoms with Gasteiger partial charge >= 0.3 is 0 Å². The highest BCUT2D eigenvalue weighted by atomic mass is 16.5. The predicted molar refractivity (Wildman–Crippen MR) is 95.4 cm³/mol. The fourth-order valence-electron chi connectivity index (χ4n) is 3.05. The van der Waals surface area contributed by atoms with Crippen LogP contribution in [-0.4, -0.2) is 25.2 Å². The van der Waals surface area contributed by atoms with Gasteiger partial charge in [0.1, 0.15) is 17.1 Å². The molecule has 0 saturated carbocycles. The number of rotatable bonds is 4. The number of ether oxygens (including phenoxy) is 1. The van der Waals surface area contributed by atoms with Crippen molar-refractivity contribution in [2.45, 2.75) is 38.3 Å². The second kappa shape index (κ2) is 6.99. The van der Waals surface area contributed by atoms with Gasteiger partial charge in [0.15, 0.2) is 5.96 Å². The molecule has 128 valence electrons. The summed E-state index contributed by atoms with van der Waals surface area (Å²) in [5.74, 6) is 2.70. The summed E-state index contributed by atoms with van der Waals surface area (Å²) in [4.78, 5) is 4.34. The highest BCUT2D eigenvalue weighted by Gasteiger charge is 2.33. The molecule has 24 heavy (non-hydrogen) atoms. The molecule has 3 rings (SSSR count). The number of fused-ring (bicyclic) bond motifs is 1. The second-order valence-corrected chi connectivity index (χ2v) is 6.63. The van der Waals surface area contributed by atoms with Crippen LogP contribution in [0.3, 0.4) is 0 Å². The lowest BCUT2D eigenvalue weighted by Gasteiger charge is -2.38. The molecule has 5 heteroatoms. The molecule has 2 aromatic rings. The number of benzene rings is 1. The zero-order valence-electron chi connectivity index (χ0n) is 14.5. The van der Waals surface area contributed by atoms with Crippen molar-refractivity contribution < 1.29 is 9.15 Å². The van der Waals surface area contributed by atoms with Crippen LogP contribution in [0.15, 0.2) is 52.1 Å². The molecule has 5 nitrogen and oxygen atoms in total. The van der Waals surface area contributed by atoms with Crippen LogP contribution in [0.25, 0.3) is 0 Å². The maximum atomic E-state index is 6.08. The third-order valence-electron chi connectivity index (χ3n) is 4.15. The van der Waals surface area contributed by atoms with E-state index in [1.165, 1.54) is 5.56 Å². The molecule has 0 spiro atoms. The zero-order chi connectivity index (χ0) is 17.0. The highest BCUT2D eigenvalue weighted by molar-refractivity contribution is 5.80. The maximum Gasteiger partial charge on any atom is 0.191 e. The minimum atomic E-state index is -0.209. The summed E-state index contributed by atoms with van der Waals surface area (Å²) in [6.45, 7) is 5.00. The molecule has 0 saturated heterocycles. The Hall–Kier alpha value is -2.43. The number of aliphatic imine (C=N–C) groups is 1. The smallest absolute Gasteiger partial charge is 0.191 e. The van der Waals surface area contributed by atoms with E-state index in [1.807, 2.05) is 30.3 Å². The van der Waals surface area contributed by atoms with Crippen molar-refractivity contribution in [2.24, 2.45) is 4.99 Å². The number of furan rings is 1. The standard InChI is InChI=1S/C19H25N3O2/c1-19(2)13-16(15-8-4-5-9-17(15)24-19)22-18(20-3)21-11-10-14-7-6-12-23-14/h4-9,12,16H,10-11,13H2,1-3H3,(H2,20,21,22). The highest BCUT2D eigenvalue weighted by Crippen LogP contribution is 2.39. The molecule has 1 aliphatic heterocycles. The molecule has 2 N–H and O–H groups in total. The lowest BCUT2D eigenvalue weighted by Crippen LogP contribution is -2.45. The van der Waals surface area contributed by atoms with Gasteiger partial charge in [0.25, 0.3) is 0 Å². The van der Waals surface area contributed by atoms with Gasteiger partial charge in [-0.25, -0.2) is 0 Å². The monoisotopic (exact) mass is 327 g/mol. The van der Waals surface area contributed by atoms with E-state index >= 15 is 0 Å². The fraction of sp³-hybridized carbons (Fsp3) is 0.421.